The third-order valence-electron chi connectivity index (χ3n) is 3.75. The number of rotatable bonds is 4. The molecule has 0 radical (unpaired) electrons. The van der Waals surface area contributed by atoms with E-state index in [-0.39, 0.29) is 6.10 Å². The fourth-order valence-corrected chi connectivity index (χ4v) is 4.04. The van der Waals surface area contributed by atoms with Crippen LogP contribution in [0.5, 0.6) is 5.19 Å². The van der Waals surface area contributed by atoms with Crippen molar-refractivity contribution in [3.63, 3.8) is 0 Å². The summed E-state index contributed by atoms with van der Waals surface area (Å²) in [7, 11) is 0. The fraction of sp³-hybridized carbons (Fsp3) is 0.615. The number of piperidine rings is 1. The Kier molecular flexibility index (Phi) is 3.31. The summed E-state index contributed by atoms with van der Waals surface area (Å²) in [5, 5.41) is 13.7. The Labute approximate surface area is 125 Å². The number of hydrogen-bond acceptors (Lipinski definition) is 7. The van der Waals surface area contributed by atoms with E-state index in [0.717, 1.165) is 36.3 Å². The first-order chi connectivity index (χ1) is 9.88. The number of nitrogens with zero attached hydrogens (tertiary/aromatic N) is 4. The molecular formula is C13H16N4OS2. The van der Waals surface area contributed by atoms with E-state index in [1.165, 1.54) is 17.8 Å². The lowest BCUT2D eigenvalue weighted by Gasteiger charge is -2.30. The Hall–Kier alpha value is -1.21. The lowest BCUT2D eigenvalue weighted by atomic mass is 10.1. The van der Waals surface area contributed by atoms with E-state index in [2.05, 4.69) is 20.1 Å². The second kappa shape index (κ2) is 5.29. The van der Waals surface area contributed by atoms with E-state index in [1.807, 2.05) is 5.38 Å². The van der Waals surface area contributed by atoms with Crippen molar-refractivity contribution < 1.29 is 4.74 Å². The van der Waals surface area contributed by atoms with Crippen LogP contribution in [0.25, 0.3) is 0 Å². The molecule has 0 N–H and O–H groups in total. The molecule has 0 spiro atoms. The molecule has 2 aromatic heterocycles. The Bertz CT molecular complexity index is 559. The second-order valence-corrected chi connectivity index (χ2v) is 7.14. The van der Waals surface area contributed by atoms with Crippen molar-refractivity contribution >= 4 is 27.8 Å². The summed E-state index contributed by atoms with van der Waals surface area (Å²) in [5.74, 6) is 0.701. The predicted molar refractivity (Wildman–Crippen MR) is 79.9 cm³/mol. The summed E-state index contributed by atoms with van der Waals surface area (Å²) in [5.41, 5.74) is 0. The Balaban J connectivity index is 1.34. The average Bonchev–Trinajstić information content (AvgIpc) is 3.00. The molecule has 1 aliphatic carbocycles. The lowest BCUT2D eigenvalue weighted by molar-refractivity contribution is 0.170. The Morgan fingerprint density at radius 2 is 2.00 bits per heavy atom. The summed E-state index contributed by atoms with van der Waals surface area (Å²) in [6, 6.07) is 0. The second-order valence-electron chi connectivity index (χ2n) is 5.30. The van der Waals surface area contributed by atoms with Crippen LogP contribution in [-0.2, 0) is 0 Å². The monoisotopic (exact) mass is 308 g/mol. The van der Waals surface area contributed by atoms with Crippen LogP contribution in [0.4, 0.5) is 5.13 Å². The number of anilines is 1. The first kappa shape index (κ1) is 12.5. The third kappa shape index (κ3) is 2.64. The van der Waals surface area contributed by atoms with Gasteiger partial charge in [0.15, 0.2) is 0 Å². The highest BCUT2D eigenvalue weighted by Gasteiger charge is 2.29. The molecule has 3 heterocycles. The van der Waals surface area contributed by atoms with Gasteiger partial charge in [0.1, 0.15) is 11.1 Å². The van der Waals surface area contributed by atoms with Gasteiger partial charge in [-0.15, -0.1) is 10.2 Å². The molecule has 0 unspecified atom stereocenters. The molecule has 106 valence electrons. The highest BCUT2D eigenvalue weighted by molar-refractivity contribution is 7.15. The van der Waals surface area contributed by atoms with Gasteiger partial charge in [-0.05, 0) is 12.8 Å². The zero-order chi connectivity index (χ0) is 13.4. The minimum atomic E-state index is 0.285. The van der Waals surface area contributed by atoms with Crippen LogP contribution in [-0.4, -0.2) is 34.4 Å². The van der Waals surface area contributed by atoms with E-state index in [1.54, 1.807) is 28.9 Å². The SMILES string of the molecule is c1csc(OC2CCN(c3nnc(C4CC4)s3)CC2)n1. The van der Waals surface area contributed by atoms with Gasteiger partial charge in [0.2, 0.25) is 5.13 Å². The molecule has 20 heavy (non-hydrogen) atoms. The van der Waals surface area contributed by atoms with E-state index >= 15 is 0 Å². The maximum atomic E-state index is 5.88. The molecule has 1 saturated carbocycles. The lowest BCUT2D eigenvalue weighted by Crippen LogP contribution is -2.38. The summed E-state index contributed by atoms with van der Waals surface area (Å²) >= 11 is 3.33. The van der Waals surface area contributed by atoms with Gasteiger partial charge in [0.25, 0.3) is 5.19 Å². The fourth-order valence-electron chi connectivity index (χ4n) is 2.43. The zero-order valence-electron chi connectivity index (χ0n) is 11.1. The van der Waals surface area contributed by atoms with Gasteiger partial charge in [-0.2, -0.15) is 0 Å². The minimum Gasteiger partial charge on any atom is -0.467 e. The van der Waals surface area contributed by atoms with Crippen molar-refractivity contribution in [2.75, 3.05) is 18.0 Å². The quantitative estimate of drug-likeness (QED) is 0.869. The molecular weight excluding hydrogens is 292 g/mol. The van der Waals surface area contributed by atoms with Crippen molar-refractivity contribution in [2.24, 2.45) is 0 Å². The Morgan fingerprint density at radius 1 is 1.15 bits per heavy atom. The number of aromatic nitrogens is 3. The predicted octanol–water partition coefficient (Wildman–Crippen LogP) is 2.92. The van der Waals surface area contributed by atoms with E-state index in [9.17, 15) is 0 Å². The molecule has 7 heteroatoms. The summed E-state index contributed by atoms with van der Waals surface area (Å²) in [6.45, 7) is 1.99. The van der Waals surface area contributed by atoms with Gasteiger partial charge in [-0.3, -0.25) is 0 Å². The largest absolute Gasteiger partial charge is 0.467 e. The van der Waals surface area contributed by atoms with E-state index < -0.39 is 0 Å². The highest BCUT2D eigenvalue weighted by atomic mass is 32.1. The van der Waals surface area contributed by atoms with Gasteiger partial charge in [-0.25, -0.2) is 4.98 Å². The van der Waals surface area contributed by atoms with E-state index in [4.69, 9.17) is 4.74 Å². The Morgan fingerprint density at radius 3 is 2.70 bits per heavy atom. The normalized spacial score (nSPS) is 20.3. The molecule has 1 aliphatic heterocycles. The maximum absolute atomic E-state index is 5.88. The smallest absolute Gasteiger partial charge is 0.273 e. The van der Waals surface area contributed by atoms with Crippen molar-refractivity contribution in [3.05, 3.63) is 16.6 Å². The first-order valence-corrected chi connectivity index (χ1v) is 8.72. The van der Waals surface area contributed by atoms with Crippen LogP contribution in [0.3, 0.4) is 0 Å². The summed E-state index contributed by atoms with van der Waals surface area (Å²) < 4.78 is 5.88. The summed E-state index contributed by atoms with van der Waals surface area (Å²) in [6.07, 6.45) is 6.70. The van der Waals surface area contributed by atoms with Crippen molar-refractivity contribution in [1.82, 2.24) is 15.2 Å². The molecule has 0 aromatic carbocycles. The number of hydrogen-bond donors (Lipinski definition) is 0. The molecule has 2 fully saturated rings. The van der Waals surface area contributed by atoms with Crippen LogP contribution < -0.4 is 9.64 Å². The average molecular weight is 308 g/mol. The maximum Gasteiger partial charge on any atom is 0.273 e. The number of thiazole rings is 1. The van der Waals surface area contributed by atoms with Crippen LogP contribution in [0, 0.1) is 0 Å². The third-order valence-corrected chi connectivity index (χ3v) is 5.55. The van der Waals surface area contributed by atoms with Gasteiger partial charge in [0.05, 0.1) is 0 Å². The molecule has 2 aliphatic rings. The van der Waals surface area contributed by atoms with Gasteiger partial charge in [0, 0.05) is 43.4 Å². The van der Waals surface area contributed by atoms with Crippen molar-refractivity contribution in [2.45, 2.75) is 37.7 Å². The van der Waals surface area contributed by atoms with Crippen LogP contribution >= 0.6 is 22.7 Å². The molecule has 5 nitrogen and oxygen atoms in total. The van der Waals surface area contributed by atoms with Gasteiger partial charge in [-0.1, -0.05) is 22.7 Å². The van der Waals surface area contributed by atoms with Gasteiger partial charge < -0.3 is 9.64 Å². The van der Waals surface area contributed by atoms with Gasteiger partial charge >= 0.3 is 0 Å². The topological polar surface area (TPSA) is 51.1 Å². The van der Waals surface area contributed by atoms with Crippen LogP contribution in [0.15, 0.2) is 11.6 Å². The molecule has 0 amide bonds. The minimum absolute atomic E-state index is 0.285. The van der Waals surface area contributed by atoms with Crippen molar-refractivity contribution in [1.29, 1.82) is 0 Å². The first-order valence-electron chi connectivity index (χ1n) is 7.03. The molecule has 0 atom stereocenters. The van der Waals surface area contributed by atoms with Crippen molar-refractivity contribution in [3.8, 4) is 5.19 Å². The molecule has 2 aromatic rings. The molecule has 1 saturated heterocycles. The van der Waals surface area contributed by atoms with E-state index in [0.29, 0.717) is 5.92 Å². The zero-order valence-corrected chi connectivity index (χ0v) is 12.7. The van der Waals surface area contributed by atoms with Crippen LogP contribution in [0.1, 0.15) is 36.6 Å². The van der Waals surface area contributed by atoms with Crippen LogP contribution in [0.2, 0.25) is 0 Å². The standard InChI is InChI=1S/C13H16N4OS2/c1-2-9(1)11-15-16-12(20-11)17-6-3-10(4-7-17)18-13-14-5-8-19-13/h5,8-10H,1-4,6-7H2. The highest BCUT2D eigenvalue weighted by Crippen LogP contribution is 2.42. The molecule has 4 rings (SSSR count). The summed E-state index contributed by atoms with van der Waals surface area (Å²) in [4.78, 5) is 6.52. The molecule has 0 bridgehead atoms. The number of ether oxygens (including phenoxy) is 1.